The number of rotatable bonds is 5. The maximum Gasteiger partial charge on any atom is 0.127 e. The fourth-order valence-corrected chi connectivity index (χ4v) is 2.60. The van der Waals surface area contributed by atoms with Gasteiger partial charge in [-0.3, -0.25) is 0 Å². The van der Waals surface area contributed by atoms with E-state index in [-0.39, 0.29) is 5.82 Å². The zero-order valence-electron chi connectivity index (χ0n) is 11.6. The summed E-state index contributed by atoms with van der Waals surface area (Å²) in [6.07, 6.45) is 2.21. The Kier molecular flexibility index (Phi) is 5.31. The van der Waals surface area contributed by atoms with Crippen LogP contribution in [0.3, 0.4) is 0 Å². The molecule has 2 rings (SSSR count). The first-order valence-electron chi connectivity index (χ1n) is 6.92. The van der Waals surface area contributed by atoms with E-state index in [9.17, 15) is 4.39 Å². The summed E-state index contributed by atoms with van der Waals surface area (Å²) < 4.78 is 19.1. The molecule has 4 heteroatoms. The summed E-state index contributed by atoms with van der Waals surface area (Å²) in [5.41, 5.74) is 7.32. The molecule has 0 unspecified atom stereocenters. The van der Waals surface area contributed by atoms with Gasteiger partial charge < -0.3 is 15.4 Å². The predicted molar refractivity (Wildman–Crippen MR) is 74.2 cm³/mol. The van der Waals surface area contributed by atoms with E-state index in [0.717, 1.165) is 43.7 Å². The molecule has 1 aliphatic rings. The zero-order chi connectivity index (χ0) is 13.7. The van der Waals surface area contributed by atoms with Gasteiger partial charge in [-0.15, -0.1) is 0 Å². The molecule has 0 spiro atoms. The van der Waals surface area contributed by atoms with Gasteiger partial charge in [-0.2, -0.15) is 0 Å². The van der Waals surface area contributed by atoms with Gasteiger partial charge in [-0.25, -0.2) is 4.39 Å². The monoisotopic (exact) mass is 266 g/mol. The fourth-order valence-electron chi connectivity index (χ4n) is 2.60. The zero-order valence-corrected chi connectivity index (χ0v) is 11.6. The summed E-state index contributed by atoms with van der Waals surface area (Å²) in [4.78, 5) is 2.19. The van der Waals surface area contributed by atoms with Crippen molar-refractivity contribution in [1.82, 2.24) is 4.90 Å². The Bertz CT molecular complexity index is 405. The highest BCUT2D eigenvalue weighted by Crippen LogP contribution is 2.18. The minimum atomic E-state index is -0.143. The Morgan fingerprint density at radius 1 is 1.37 bits per heavy atom. The summed E-state index contributed by atoms with van der Waals surface area (Å²) >= 11 is 0. The van der Waals surface area contributed by atoms with Crippen LogP contribution in [0, 0.1) is 11.7 Å². The van der Waals surface area contributed by atoms with E-state index >= 15 is 0 Å². The first kappa shape index (κ1) is 14.4. The van der Waals surface area contributed by atoms with Gasteiger partial charge in [0.05, 0.1) is 0 Å². The van der Waals surface area contributed by atoms with E-state index in [1.165, 1.54) is 6.07 Å². The largest absolute Gasteiger partial charge is 0.381 e. The van der Waals surface area contributed by atoms with Crippen LogP contribution in [0.2, 0.25) is 0 Å². The molecule has 0 bridgehead atoms. The lowest BCUT2D eigenvalue weighted by Crippen LogP contribution is -2.29. The molecule has 106 valence electrons. The van der Waals surface area contributed by atoms with Gasteiger partial charge in [0, 0.05) is 38.4 Å². The molecule has 0 aliphatic carbocycles. The van der Waals surface area contributed by atoms with E-state index in [1.807, 2.05) is 13.1 Å². The average Bonchev–Trinajstić information content (AvgIpc) is 2.42. The predicted octanol–water partition coefficient (Wildman–Crippen LogP) is 2.14. The van der Waals surface area contributed by atoms with Crippen LogP contribution in [0.25, 0.3) is 0 Å². The molecule has 1 saturated heterocycles. The van der Waals surface area contributed by atoms with Gasteiger partial charge in [-0.1, -0.05) is 12.1 Å². The van der Waals surface area contributed by atoms with Crippen molar-refractivity contribution in [3.63, 3.8) is 0 Å². The Hall–Kier alpha value is -0.970. The van der Waals surface area contributed by atoms with Gasteiger partial charge in [0.25, 0.3) is 0 Å². The second kappa shape index (κ2) is 6.98. The Morgan fingerprint density at radius 3 is 2.79 bits per heavy atom. The Morgan fingerprint density at radius 2 is 2.11 bits per heavy atom. The molecule has 1 aliphatic heterocycles. The second-order valence-electron chi connectivity index (χ2n) is 5.38. The summed E-state index contributed by atoms with van der Waals surface area (Å²) in [5.74, 6) is 0.524. The fraction of sp³-hybridized carbons (Fsp3) is 0.600. The van der Waals surface area contributed by atoms with Crippen molar-refractivity contribution in [2.24, 2.45) is 11.7 Å². The number of hydrogen-bond acceptors (Lipinski definition) is 3. The number of ether oxygens (including phenoxy) is 1. The second-order valence-corrected chi connectivity index (χ2v) is 5.38. The van der Waals surface area contributed by atoms with Crippen LogP contribution in [0.1, 0.15) is 24.0 Å². The van der Waals surface area contributed by atoms with Crippen LogP contribution in [0.15, 0.2) is 18.2 Å². The highest BCUT2D eigenvalue weighted by molar-refractivity contribution is 5.24. The van der Waals surface area contributed by atoms with Crippen molar-refractivity contribution < 1.29 is 9.13 Å². The highest BCUT2D eigenvalue weighted by Gasteiger charge is 2.16. The van der Waals surface area contributed by atoms with E-state index in [4.69, 9.17) is 10.5 Å². The van der Waals surface area contributed by atoms with Gasteiger partial charge >= 0.3 is 0 Å². The maximum absolute atomic E-state index is 13.8. The van der Waals surface area contributed by atoms with Crippen molar-refractivity contribution >= 4 is 0 Å². The van der Waals surface area contributed by atoms with Crippen LogP contribution in [0.5, 0.6) is 0 Å². The molecule has 0 atom stereocenters. The van der Waals surface area contributed by atoms with Gasteiger partial charge in [0.15, 0.2) is 0 Å². The van der Waals surface area contributed by atoms with Crippen molar-refractivity contribution in [3.8, 4) is 0 Å². The number of nitrogens with two attached hydrogens (primary N) is 1. The lowest BCUT2D eigenvalue weighted by molar-refractivity contribution is 0.0548. The molecular formula is C15H23FN2O. The summed E-state index contributed by atoms with van der Waals surface area (Å²) in [7, 11) is 2.05. The smallest absolute Gasteiger partial charge is 0.127 e. The average molecular weight is 266 g/mol. The third kappa shape index (κ3) is 4.27. The normalized spacial score (nSPS) is 17.1. The number of hydrogen-bond donors (Lipinski definition) is 1. The topological polar surface area (TPSA) is 38.5 Å². The van der Waals surface area contributed by atoms with Crippen LogP contribution in [0.4, 0.5) is 4.39 Å². The molecule has 0 aromatic heterocycles. The molecule has 0 saturated carbocycles. The molecule has 3 nitrogen and oxygen atoms in total. The van der Waals surface area contributed by atoms with Crippen molar-refractivity contribution in [2.45, 2.75) is 25.9 Å². The molecule has 1 aromatic carbocycles. The highest BCUT2D eigenvalue weighted by atomic mass is 19.1. The Balaban J connectivity index is 1.92. The van der Waals surface area contributed by atoms with E-state index in [0.29, 0.717) is 19.0 Å². The van der Waals surface area contributed by atoms with Crippen LogP contribution < -0.4 is 5.73 Å². The molecule has 0 amide bonds. The minimum absolute atomic E-state index is 0.143. The molecule has 19 heavy (non-hydrogen) atoms. The third-order valence-electron chi connectivity index (χ3n) is 3.70. The number of halogens is 1. The van der Waals surface area contributed by atoms with E-state index in [1.54, 1.807) is 6.07 Å². The van der Waals surface area contributed by atoms with Gasteiger partial charge in [-0.05, 0) is 37.4 Å². The molecule has 2 N–H and O–H groups in total. The summed E-state index contributed by atoms with van der Waals surface area (Å²) in [5, 5.41) is 0. The molecular weight excluding hydrogens is 243 g/mol. The van der Waals surface area contributed by atoms with Crippen molar-refractivity contribution in [1.29, 1.82) is 0 Å². The number of nitrogens with zero attached hydrogens (tertiary/aromatic N) is 1. The maximum atomic E-state index is 13.8. The van der Waals surface area contributed by atoms with E-state index < -0.39 is 0 Å². The number of benzene rings is 1. The molecule has 1 heterocycles. The molecule has 0 radical (unpaired) electrons. The summed E-state index contributed by atoms with van der Waals surface area (Å²) in [6, 6.07) is 5.13. The lowest BCUT2D eigenvalue weighted by atomic mass is 9.99. The Labute approximate surface area is 114 Å². The van der Waals surface area contributed by atoms with E-state index in [2.05, 4.69) is 4.90 Å². The van der Waals surface area contributed by atoms with Gasteiger partial charge in [0.2, 0.25) is 0 Å². The first-order chi connectivity index (χ1) is 9.19. The van der Waals surface area contributed by atoms with Crippen molar-refractivity contribution in [3.05, 3.63) is 35.1 Å². The van der Waals surface area contributed by atoms with Crippen LogP contribution in [-0.2, 0) is 17.8 Å². The quantitative estimate of drug-likeness (QED) is 0.887. The minimum Gasteiger partial charge on any atom is -0.381 e. The molecule has 1 aromatic rings. The van der Waals surface area contributed by atoms with Crippen molar-refractivity contribution in [2.75, 3.05) is 26.8 Å². The third-order valence-corrected chi connectivity index (χ3v) is 3.70. The van der Waals surface area contributed by atoms with Crippen LogP contribution >= 0.6 is 0 Å². The molecule has 1 fully saturated rings. The standard InChI is InChI=1S/C15H23FN2O/c1-18(10-12-4-6-19-7-5-12)11-14-8-13(9-17)2-3-15(14)16/h2-3,8,12H,4-7,9-11,17H2,1H3. The van der Waals surface area contributed by atoms with Gasteiger partial charge in [0.1, 0.15) is 5.82 Å². The summed E-state index contributed by atoms with van der Waals surface area (Å²) in [6.45, 7) is 3.80. The first-order valence-corrected chi connectivity index (χ1v) is 6.92. The SMILES string of the molecule is CN(Cc1cc(CN)ccc1F)CC1CCOCC1. The van der Waals surface area contributed by atoms with Crippen LogP contribution in [-0.4, -0.2) is 31.7 Å². The lowest BCUT2D eigenvalue weighted by Gasteiger charge is -2.27.